The molecule has 1 aromatic carbocycles. The Balaban J connectivity index is 2.34. The van der Waals surface area contributed by atoms with Crippen LogP contribution in [0.2, 0.25) is 5.02 Å². The lowest BCUT2D eigenvalue weighted by atomic mass is 9.90. The monoisotopic (exact) mass is 257 g/mol. The third-order valence-electron chi connectivity index (χ3n) is 3.27. The van der Waals surface area contributed by atoms with E-state index in [1.54, 1.807) is 0 Å². The van der Waals surface area contributed by atoms with Gasteiger partial charge in [0, 0.05) is 16.6 Å². The van der Waals surface area contributed by atoms with Crippen LogP contribution in [0.15, 0.2) is 18.2 Å². The first kappa shape index (κ1) is 12.3. The normalized spacial score (nSPS) is 18.6. The van der Waals surface area contributed by atoms with Crippen LogP contribution in [0.5, 0.6) is 0 Å². The van der Waals surface area contributed by atoms with Gasteiger partial charge >= 0.3 is 5.97 Å². The van der Waals surface area contributed by atoms with Crippen LogP contribution < -0.4 is 5.73 Å². The Kier molecular flexibility index (Phi) is 3.10. The van der Waals surface area contributed by atoms with E-state index < -0.39 is 17.3 Å². The molecule has 1 atom stereocenters. The number of methoxy groups -OCH3 is 1. The van der Waals surface area contributed by atoms with Gasteiger partial charge in [-0.05, 0) is 31.0 Å². The smallest absolute Gasteiger partial charge is 0.313 e. The molecule has 0 aromatic heterocycles. The molecule has 1 aliphatic carbocycles. The predicted molar refractivity (Wildman–Crippen MR) is 62.0 cm³/mol. The van der Waals surface area contributed by atoms with Gasteiger partial charge in [0.05, 0.1) is 12.5 Å². The van der Waals surface area contributed by atoms with Crippen molar-refractivity contribution in [3.05, 3.63) is 34.6 Å². The Labute approximate surface area is 104 Å². The van der Waals surface area contributed by atoms with E-state index in [-0.39, 0.29) is 11.5 Å². The fraction of sp³-hybridized carbons (Fsp3) is 0.417. The van der Waals surface area contributed by atoms with Crippen molar-refractivity contribution >= 4 is 17.6 Å². The van der Waals surface area contributed by atoms with Gasteiger partial charge in [-0.25, -0.2) is 4.39 Å². The zero-order valence-corrected chi connectivity index (χ0v) is 10.1. The molecule has 0 saturated heterocycles. The summed E-state index contributed by atoms with van der Waals surface area (Å²) >= 11 is 5.81. The summed E-state index contributed by atoms with van der Waals surface area (Å²) in [5.74, 6) is -0.832. The summed E-state index contributed by atoms with van der Waals surface area (Å²) in [5, 5.41) is 0.400. The molecule has 0 heterocycles. The number of benzene rings is 1. The second kappa shape index (κ2) is 4.27. The topological polar surface area (TPSA) is 52.3 Å². The Morgan fingerprint density at radius 3 is 2.76 bits per heavy atom. The average Bonchev–Trinajstić information content (AvgIpc) is 3.11. The predicted octanol–water partition coefficient (Wildman–Crippen LogP) is 2.43. The lowest BCUT2D eigenvalue weighted by molar-refractivity contribution is -0.148. The number of rotatable bonds is 3. The van der Waals surface area contributed by atoms with Crippen LogP contribution in [0, 0.1) is 11.2 Å². The van der Waals surface area contributed by atoms with E-state index in [1.165, 1.54) is 25.3 Å². The minimum absolute atomic E-state index is 0.264. The number of esters is 1. The number of hydrogen-bond acceptors (Lipinski definition) is 3. The summed E-state index contributed by atoms with van der Waals surface area (Å²) in [6.07, 6.45) is 1.24. The Morgan fingerprint density at radius 1 is 1.59 bits per heavy atom. The van der Waals surface area contributed by atoms with Gasteiger partial charge in [0.1, 0.15) is 5.82 Å². The molecule has 1 aromatic rings. The van der Waals surface area contributed by atoms with Crippen LogP contribution in [-0.2, 0) is 9.53 Å². The molecular weight excluding hydrogens is 245 g/mol. The van der Waals surface area contributed by atoms with Gasteiger partial charge in [-0.3, -0.25) is 4.79 Å². The van der Waals surface area contributed by atoms with E-state index in [0.717, 1.165) is 0 Å². The van der Waals surface area contributed by atoms with E-state index in [4.69, 9.17) is 22.1 Å². The number of carbonyl (C=O) groups excluding carboxylic acids is 1. The van der Waals surface area contributed by atoms with Gasteiger partial charge < -0.3 is 10.5 Å². The molecule has 92 valence electrons. The number of ether oxygens (including phenoxy) is 1. The molecule has 1 unspecified atom stereocenters. The third kappa shape index (κ3) is 2.03. The molecule has 0 spiro atoms. The quantitative estimate of drug-likeness (QED) is 0.846. The van der Waals surface area contributed by atoms with Crippen molar-refractivity contribution in [1.29, 1.82) is 0 Å². The molecule has 5 heteroatoms. The highest BCUT2D eigenvalue weighted by atomic mass is 35.5. The van der Waals surface area contributed by atoms with Crippen molar-refractivity contribution in [2.45, 2.75) is 18.9 Å². The SMILES string of the molecule is COC(=O)C1(C(N)c2cc(Cl)ccc2F)CC1. The molecule has 17 heavy (non-hydrogen) atoms. The standard InChI is InChI=1S/C12H13ClFNO2/c1-17-11(16)12(4-5-12)10(15)8-6-7(13)2-3-9(8)14/h2-3,6,10H,4-5,15H2,1H3. The zero-order chi connectivity index (χ0) is 12.6. The number of halogens is 2. The van der Waals surface area contributed by atoms with Crippen LogP contribution in [0.3, 0.4) is 0 Å². The summed E-state index contributed by atoms with van der Waals surface area (Å²) in [4.78, 5) is 11.6. The molecular formula is C12H13ClFNO2. The molecule has 2 N–H and O–H groups in total. The van der Waals surface area contributed by atoms with Gasteiger partial charge in [0.2, 0.25) is 0 Å². The van der Waals surface area contributed by atoms with Crippen molar-refractivity contribution in [2.75, 3.05) is 7.11 Å². The summed E-state index contributed by atoms with van der Waals surface area (Å²) in [6, 6.07) is 3.45. The second-order valence-corrected chi connectivity index (χ2v) is 4.73. The average molecular weight is 258 g/mol. The molecule has 2 rings (SSSR count). The number of nitrogens with two attached hydrogens (primary N) is 1. The maximum absolute atomic E-state index is 13.7. The Morgan fingerprint density at radius 2 is 2.24 bits per heavy atom. The maximum atomic E-state index is 13.7. The summed E-state index contributed by atoms with van der Waals surface area (Å²) in [5.41, 5.74) is 5.47. The van der Waals surface area contributed by atoms with Crippen LogP contribution >= 0.6 is 11.6 Å². The van der Waals surface area contributed by atoms with Crippen molar-refractivity contribution in [2.24, 2.45) is 11.1 Å². The fourth-order valence-electron chi connectivity index (χ4n) is 2.03. The van der Waals surface area contributed by atoms with Crippen LogP contribution in [0.1, 0.15) is 24.4 Å². The van der Waals surface area contributed by atoms with Gasteiger partial charge in [-0.15, -0.1) is 0 Å². The first-order valence-electron chi connectivity index (χ1n) is 5.30. The van der Waals surface area contributed by atoms with Crippen LogP contribution in [0.4, 0.5) is 4.39 Å². The lowest BCUT2D eigenvalue weighted by Gasteiger charge is -2.21. The third-order valence-corrected chi connectivity index (χ3v) is 3.50. The first-order chi connectivity index (χ1) is 8.01. The molecule has 3 nitrogen and oxygen atoms in total. The van der Waals surface area contributed by atoms with E-state index in [1.807, 2.05) is 0 Å². The minimum atomic E-state index is -0.778. The Bertz CT molecular complexity index is 460. The van der Waals surface area contributed by atoms with Crippen molar-refractivity contribution < 1.29 is 13.9 Å². The molecule has 1 aliphatic rings. The molecule has 1 fully saturated rings. The lowest BCUT2D eigenvalue weighted by Crippen LogP contribution is -2.31. The number of hydrogen-bond donors (Lipinski definition) is 1. The zero-order valence-electron chi connectivity index (χ0n) is 9.37. The first-order valence-corrected chi connectivity index (χ1v) is 5.68. The molecule has 0 bridgehead atoms. The Hall–Kier alpha value is -1.13. The maximum Gasteiger partial charge on any atom is 0.313 e. The van der Waals surface area contributed by atoms with Gasteiger partial charge in [-0.1, -0.05) is 11.6 Å². The second-order valence-electron chi connectivity index (χ2n) is 4.29. The largest absolute Gasteiger partial charge is 0.469 e. The summed E-state index contributed by atoms with van der Waals surface area (Å²) in [7, 11) is 1.31. The van der Waals surface area contributed by atoms with Gasteiger partial charge in [0.25, 0.3) is 0 Å². The van der Waals surface area contributed by atoms with E-state index >= 15 is 0 Å². The van der Waals surface area contributed by atoms with E-state index in [2.05, 4.69) is 0 Å². The van der Waals surface area contributed by atoms with Crippen LogP contribution in [0.25, 0.3) is 0 Å². The van der Waals surface area contributed by atoms with Gasteiger partial charge in [0.15, 0.2) is 0 Å². The minimum Gasteiger partial charge on any atom is -0.469 e. The highest BCUT2D eigenvalue weighted by molar-refractivity contribution is 6.30. The van der Waals surface area contributed by atoms with Gasteiger partial charge in [-0.2, -0.15) is 0 Å². The van der Waals surface area contributed by atoms with E-state index in [0.29, 0.717) is 17.9 Å². The fourth-order valence-corrected chi connectivity index (χ4v) is 2.21. The number of carbonyl (C=O) groups is 1. The molecule has 0 radical (unpaired) electrons. The van der Waals surface area contributed by atoms with Crippen molar-refractivity contribution in [1.82, 2.24) is 0 Å². The highest BCUT2D eigenvalue weighted by Gasteiger charge is 2.56. The van der Waals surface area contributed by atoms with Crippen molar-refractivity contribution in [3.63, 3.8) is 0 Å². The van der Waals surface area contributed by atoms with Crippen molar-refractivity contribution in [3.8, 4) is 0 Å². The van der Waals surface area contributed by atoms with Crippen LogP contribution in [-0.4, -0.2) is 13.1 Å². The molecule has 0 amide bonds. The summed E-state index contributed by atoms with van der Waals surface area (Å²) in [6.45, 7) is 0. The summed E-state index contributed by atoms with van der Waals surface area (Å²) < 4.78 is 18.4. The van der Waals surface area contributed by atoms with E-state index in [9.17, 15) is 9.18 Å². The highest BCUT2D eigenvalue weighted by Crippen LogP contribution is 2.55. The molecule has 1 saturated carbocycles. The molecule has 0 aliphatic heterocycles.